The summed E-state index contributed by atoms with van der Waals surface area (Å²) in [6, 6.07) is 3.57. The molecule has 0 saturated heterocycles. The summed E-state index contributed by atoms with van der Waals surface area (Å²) in [7, 11) is 0. The molecule has 1 fully saturated rings. The Morgan fingerprint density at radius 1 is 1.56 bits per heavy atom. The molecule has 1 heterocycles. The van der Waals surface area contributed by atoms with Gasteiger partial charge in [-0.15, -0.1) is 0 Å². The van der Waals surface area contributed by atoms with Crippen molar-refractivity contribution in [2.45, 2.75) is 19.3 Å². The molecule has 0 unspecified atom stereocenters. The molecule has 0 amide bonds. The Labute approximate surface area is 94.1 Å². The molecule has 0 aliphatic heterocycles. The highest BCUT2D eigenvalue weighted by molar-refractivity contribution is 5.59. The number of pyridine rings is 1. The molecule has 0 spiro atoms. The Hall–Kier alpha value is -1.62. The molecule has 0 bridgehead atoms. The maximum absolute atomic E-state index is 8.32. The Morgan fingerprint density at radius 2 is 2.44 bits per heavy atom. The monoisotopic (exact) mass is 221 g/mol. The zero-order valence-electron chi connectivity index (χ0n) is 8.97. The van der Waals surface area contributed by atoms with Crippen molar-refractivity contribution in [1.29, 1.82) is 0 Å². The third kappa shape index (κ3) is 2.93. The second-order valence-electron chi connectivity index (χ2n) is 3.85. The lowest BCUT2D eigenvalue weighted by Gasteiger charge is -2.24. The summed E-state index contributed by atoms with van der Waals surface area (Å²) >= 11 is 0. The molecule has 0 atom stereocenters. The molecule has 1 aliphatic rings. The first-order valence-corrected chi connectivity index (χ1v) is 5.39. The van der Waals surface area contributed by atoms with Gasteiger partial charge in [0.1, 0.15) is 6.34 Å². The van der Waals surface area contributed by atoms with Crippen molar-refractivity contribution in [3.05, 3.63) is 18.3 Å². The molecule has 1 aromatic heterocycles. The molecule has 0 radical (unpaired) electrons. The SMILES string of the molecule is ONC=Nc1ccc(OCC2CCC2)nc1. The van der Waals surface area contributed by atoms with Crippen molar-refractivity contribution < 1.29 is 9.94 Å². The Balaban J connectivity index is 1.83. The van der Waals surface area contributed by atoms with E-state index in [2.05, 4.69) is 9.98 Å². The summed E-state index contributed by atoms with van der Waals surface area (Å²) in [5, 5.41) is 8.32. The van der Waals surface area contributed by atoms with E-state index in [1.54, 1.807) is 18.3 Å². The van der Waals surface area contributed by atoms with Crippen LogP contribution in [-0.4, -0.2) is 23.1 Å². The van der Waals surface area contributed by atoms with Crippen molar-refractivity contribution in [2.75, 3.05) is 6.61 Å². The molecular weight excluding hydrogens is 206 g/mol. The van der Waals surface area contributed by atoms with E-state index in [1.165, 1.54) is 25.6 Å². The van der Waals surface area contributed by atoms with Crippen LogP contribution in [0.5, 0.6) is 5.88 Å². The van der Waals surface area contributed by atoms with Crippen LogP contribution in [0.25, 0.3) is 0 Å². The van der Waals surface area contributed by atoms with Gasteiger partial charge in [-0.25, -0.2) is 9.98 Å². The van der Waals surface area contributed by atoms with Gasteiger partial charge in [0.05, 0.1) is 18.5 Å². The standard InChI is InChI=1S/C11H15N3O2/c15-14-8-13-10-4-5-11(12-6-10)16-7-9-2-1-3-9/h4-6,8-9,15H,1-3,7H2,(H,13,14). The largest absolute Gasteiger partial charge is 0.477 e. The van der Waals surface area contributed by atoms with E-state index in [1.807, 2.05) is 5.48 Å². The van der Waals surface area contributed by atoms with Crippen LogP contribution in [0.2, 0.25) is 0 Å². The van der Waals surface area contributed by atoms with Crippen LogP contribution in [0.1, 0.15) is 19.3 Å². The van der Waals surface area contributed by atoms with Gasteiger partial charge in [0, 0.05) is 6.07 Å². The molecule has 86 valence electrons. The lowest BCUT2D eigenvalue weighted by Crippen LogP contribution is -2.19. The Morgan fingerprint density at radius 3 is 3.00 bits per heavy atom. The van der Waals surface area contributed by atoms with Crippen molar-refractivity contribution in [1.82, 2.24) is 10.5 Å². The quantitative estimate of drug-likeness (QED) is 0.452. The van der Waals surface area contributed by atoms with Crippen LogP contribution in [0, 0.1) is 5.92 Å². The highest BCUT2D eigenvalue weighted by atomic mass is 16.5. The number of hydrogen-bond donors (Lipinski definition) is 2. The first kappa shape index (κ1) is 10.9. The van der Waals surface area contributed by atoms with Gasteiger partial charge >= 0.3 is 0 Å². The number of rotatable bonds is 5. The van der Waals surface area contributed by atoms with Gasteiger partial charge in [0.25, 0.3) is 0 Å². The molecule has 2 N–H and O–H groups in total. The maximum Gasteiger partial charge on any atom is 0.213 e. The number of aliphatic imine (C=N–C) groups is 1. The second kappa shape index (κ2) is 5.46. The van der Waals surface area contributed by atoms with Gasteiger partial charge in [-0.1, -0.05) is 6.42 Å². The van der Waals surface area contributed by atoms with E-state index in [0.29, 0.717) is 17.5 Å². The third-order valence-electron chi connectivity index (χ3n) is 2.68. The minimum absolute atomic E-state index is 0.628. The zero-order valence-corrected chi connectivity index (χ0v) is 8.97. The summed E-state index contributed by atoms with van der Waals surface area (Å²) in [4.78, 5) is 8.00. The van der Waals surface area contributed by atoms with Gasteiger partial charge in [-0.2, -0.15) is 0 Å². The van der Waals surface area contributed by atoms with Crippen LogP contribution in [0.3, 0.4) is 0 Å². The average molecular weight is 221 g/mol. The number of ether oxygens (including phenoxy) is 1. The minimum Gasteiger partial charge on any atom is -0.477 e. The summed E-state index contributed by atoms with van der Waals surface area (Å²) < 4.78 is 5.54. The van der Waals surface area contributed by atoms with E-state index >= 15 is 0 Å². The average Bonchev–Trinajstić information content (AvgIpc) is 2.26. The molecule has 5 nitrogen and oxygen atoms in total. The summed E-state index contributed by atoms with van der Waals surface area (Å²) in [6.07, 6.45) is 6.65. The molecule has 5 heteroatoms. The lowest BCUT2D eigenvalue weighted by molar-refractivity contribution is 0.175. The number of nitrogens with zero attached hydrogens (tertiary/aromatic N) is 2. The lowest BCUT2D eigenvalue weighted by atomic mass is 9.86. The van der Waals surface area contributed by atoms with E-state index in [9.17, 15) is 0 Å². The Kier molecular flexibility index (Phi) is 3.71. The van der Waals surface area contributed by atoms with Crippen LogP contribution in [0.4, 0.5) is 5.69 Å². The van der Waals surface area contributed by atoms with Crippen molar-refractivity contribution in [2.24, 2.45) is 10.9 Å². The Bertz CT molecular complexity index is 347. The molecule has 1 saturated carbocycles. The van der Waals surface area contributed by atoms with Crippen molar-refractivity contribution in [3.8, 4) is 5.88 Å². The van der Waals surface area contributed by atoms with Gasteiger partial charge in [-0.05, 0) is 24.8 Å². The topological polar surface area (TPSA) is 66.7 Å². The summed E-state index contributed by atoms with van der Waals surface area (Å²) in [5.74, 6) is 1.33. The van der Waals surface area contributed by atoms with Gasteiger partial charge in [0.15, 0.2) is 0 Å². The predicted molar refractivity (Wildman–Crippen MR) is 60.1 cm³/mol. The number of aromatic nitrogens is 1. The number of hydrogen-bond acceptors (Lipinski definition) is 4. The fourth-order valence-corrected chi connectivity index (χ4v) is 1.50. The summed E-state index contributed by atoms with van der Waals surface area (Å²) in [6.45, 7) is 0.758. The molecule has 16 heavy (non-hydrogen) atoms. The second-order valence-corrected chi connectivity index (χ2v) is 3.85. The smallest absolute Gasteiger partial charge is 0.213 e. The van der Waals surface area contributed by atoms with E-state index in [-0.39, 0.29) is 0 Å². The van der Waals surface area contributed by atoms with Crippen molar-refractivity contribution in [3.63, 3.8) is 0 Å². The predicted octanol–water partition coefficient (Wildman–Crippen LogP) is 1.90. The third-order valence-corrected chi connectivity index (χ3v) is 2.68. The highest BCUT2D eigenvalue weighted by Gasteiger charge is 2.17. The van der Waals surface area contributed by atoms with Crippen molar-refractivity contribution >= 4 is 12.0 Å². The number of nitrogens with one attached hydrogen (secondary N) is 1. The first-order chi connectivity index (χ1) is 7.88. The van der Waals surface area contributed by atoms with Crippen LogP contribution in [-0.2, 0) is 0 Å². The fourth-order valence-electron chi connectivity index (χ4n) is 1.50. The van der Waals surface area contributed by atoms with Crippen LogP contribution < -0.4 is 10.2 Å². The molecule has 1 aromatic rings. The minimum atomic E-state index is 0.628. The molecule has 0 aromatic carbocycles. The van der Waals surface area contributed by atoms with Gasteiger partial charge < -0.3 is 4.74 Å². The maximum atomic E-state index is 8.32. The van der Waals surface area contributed by atoms with Gasteiger partial charge in [-0.3, -0.25) is 10.7 Å². The molecule has 1 aliphatic carbocycles. The van der Waals surface area contributed by atoms with E-state index in [4.69, 9.17) is 9.94 Å². The number of hydroxylamine groups is 1. The fraction of sp³-hybridized carbons (Fsp3) is 0.455. The normalized spacial score (nSPS) is 16.1. The highest BCUT2D eigenvalue weighted by Crippen LogP contribution is 2.26. The van der Waals surface area contributed by atoms with Gasteiger partial charge in [0.2, 0.25) is 5.88 Å². The molecule has 2 rings (SSSR count). The van der Waals surface area contributed by atoms with Crippen LogP contribution in [0.15, 0.2) is 23.3 Å². The zero-order chi connectivity index (χ0) is 11.2. The van der Waals surface area contributed by atoms with E-state index in [0.717, 1.165) is 6.61 Å². The van der Waals surface area contributed by atoms with Crippen LogP contribution >= 0.6 is 0 Å². The molecular formula is C11H15N3O2. The first-order valence-electron chi connectivity index (χ1n) is 5.39. The van der Waals surface area contributed by atoms with E-state index < -0.39 is 0 Å². The summed E-state index contributed by atoms with van der Waals surface area (Å²) in [5.41, 5.74) is 2.50.